The highest BCUT2D eigenvalue weighted by Crippen LogP contribution is 2.44. The van der Waals surface area contributed by atoms with Gasteiger partial charge >= 0.3 is 6.18 Å². The van der Waals surface area contributed by atoms with Crippen LogP contribution >= 0.6 is 0 Å². The molecular weight excluding hydrogens is 451 g/mol. The summed E-state index contributed by atoms with van der Waals surface area (Å²) in [5.41, 5.74) is 0.260. The van der Waals surface area contributed by atoms with E-state index in [1.54, 1.807) is 18.2 Å². The average Bonchev–Trinajstić information content (AvgIpc) is 2.69. The molecule has 1 fully saturated rings. The van der Waals surface area contributed by atoms with Crippen LogP contribution in [0.2, 0.25) is 0 Å². The number of halogens is 3. The van der Waals surface area contributed by atoms with Crippen molar-refractivity contribution in [2.24, 2.45) is 11.3 Å². The van der Waals surface area contributed by atoms with Crippen LogP contribution in [0.5, 0.6) is 5.75 Å². The summed E-state index contributed by atoms with van der Waals surface area (Å²) in [5.74, 6) is 0.464. The Labute approximate surface area is 194 Å². The molecule has 0 radical (unpaired) electrons. The third kappa shape index (κ3) is 7.09. The lowest BCUT2D eigenvalue weighted by Crippen LogP contribution is -2.31. The van der Waals surface area contributed by atoms with Crippen LogP contribution < -0.4 is 10.1 Å². The standard InChI is InChI=1S/C25H34F3NO3S/c1-24(2,3)19-7-9-20(10-8-19)32-22-12-6-18-15-17(16-29-13-14-33(4,30)31)5-11-21(18)23(22)25(26,27)28/h5-6,11-12,15,19-20,29H,7-10,13-14,16H2,1-4H3. The van der Waals surface area contributed by atoms with Crippen LogP contribution in [0.15, 0.2) is 30.3 Å². The molecular formula is C25H34F3NO3S. The Balaban J connectivity index is 1.77. The number of rotatable bonds is 7. The summed E-state index contributed by atoms with van der Waals surface area (Å²) in [6, 6.07) is 7.93. The van der Waals surface area contributed by atoms with Crippen molar-refractivity contribution in [3.8, 4) is 5.75 Å². The first-order chi connectivity index (χ1) is 15.2. The molecule has 8 heteroatoms. The number of fused-ring (bicyclic) bond motifs is 1. The second-order valence-electron chi connectivity index (χ2n) is 10.3. The van der Waals surface area contributed by atoms with E-state index in [2.05, 4.69) is 26.1 Å². The van der Waals surface area contributed by atoms with Crippen molar-refractivity contribution in [3.05, 3.63) is 41.5 Å². The maximum absolute atomic E-state index is 14.1. The first-order valence-corrected chi connectivity index (χ1v) is 13.5. The van der Waals surface area contributed by atoms with Gasteiger partial charge in [0, 0.05) is 19.3 Å². The van der Waals surface area contributed by atoms with Crippen molar-refractivity contribution in [1.82, 2.24) is 5.32 Å². The molecule has 0 heterocycles. The van der Waals surface area contributed by atoms with Gasteiger partial charge in [-0.1, -0.05) is 39.0 Å². The van der Waals surface area contributed by atoms with Crippen molar-refractivity contribution in [3.63, 3.8) is 0 Å². The van der Waals surface area contributed by atoms with E-state index in [9.17, 15) is 21.6 Å². The molecule has 2 aromatic rings. The number of alkyl halides is 3. The molecule has 184 valence electrons. The van der Waals surface area contributed by atoms with E-state index in [1.165, 1.54) is 18.4 Å². The van der Waals surface area contributed by atoms with E-state index >= 15 is 0 Å². The minimum absolute atomic E-state index is 0.0111. The Hall–Kier alpha value is -1.80. The van der Waals surface area contributed by atoms with Gasteiger partial charge in [0.05, 0.1) is 11.9 Å². The summed E-state index contributed by atoms with van der Waals surface area (Å²) in [6.07, 6.45) is -0.144. The molecule has 2 aromatic carbocycles. The molecule has 1 saturated carbocycles. The largest absolute Gasteiger partial charge is 0.490 e. The van der Waals surface area contributed by atoms with Crippen LogP contribution in [0.1, 0.15) is 57.6 Å². The predicted octanol–water partition coefficient (Wildman–Crippen LogP) is 5.98. The maximum atomic E-state index is 14.1. The summed E-state index contributed by atoms with van der Waals surface area (Å²) < 4.78 is 70.6. The molecule has 0 unspecified atom stereocenters. The molecule has 0 saturated heterocycles. The Morgan fingerprint density at radius 2 is 1.70 bits per heavy atom. The fraction of sp³-hybridized carbons (Fsp3) is 0.600. The summed E-state index contributed by atoms with van der Waals surface area (Å²) >= 11 is 0. The number of hydrogen-bond donors (Lipinski definition) is 1. The molecule has 0 aromatic heterocycles. The van der Waals surface area contributed by atoms with Gasteiger partial charge in [-0.3, -0.25) is 0 Å². The van der Waals surface area contributed by atoms with E-state index < -0.39 is 21.6 Å². The van der Waals surface area contributed by atoms with Crippen molar-refractivity contribution in [2.45, 2.75) is 65.3 Å². The molecule has 0 bridgehead atoms. The molecule has 1 N–H and O–H groups in total. The third-order valence-corrected chi connectivity index (χ3v) is 7.45. The van der Waals surface area contributed by atoms with Gasteiger partial charge in [0.2, 0.25) is 0 Å². The zero-order chi connectivity index (χ0) is 24.4. The summed E-state index contributed by atoms with van der Waals surface area (Å²) in [6.45, 7) is 7.29. The second-order valence-corrected chi connectivity index (χ2v) is 12.5. The normalized spacial score (nSPS) is 20.2. The van der Waals surface area contributed by atoms with Gasteiger partial charge in [0.1, 0.15) is 21.2 Å². The number of nitrogens with one attached hydrogen (secondary N) is 1. The van der Waals surface area contributed by atoms with Gasteiger partial charge in [-0.25, -0.2) is 8.42 Å². The first-order valence-electron chi connectivity index (χ1n) is 11.4. The number of ether oxygens (including phenoxy) is 1. The lowest BCUT2D eigenvalue weighted by Gasteiger charge is -2.37. The minimum atomic E-state index is -4.54. The first kappa shape index (κ1) is 25.8. The highest BCUT2D eigenvalue weighted by molar-refractivity contribution is 7.90. The summed E-state index contributed by atoms with van der Waals surface area (Å²) in [5, 5.41) is 3.62. The van der Waals surface area contributed by atoms with Gasteiger partial charge in [-0.05, 0) is 65.5 Å². The topological polar surface area (TPSA) is 55.4 Å². The van der Waals surface area contributed by atoms with E-state index in [-0.39, 0.29) is 35.0 Å². The molecule has 0 amide bonds. The number of hydrogen-bond acceptors (Lipinski definition) is 4. The summed E-state index contributed by atoms with van der Waals surface area (Å²) in [4.78, 5) is 0. The summed E-state index contributed by atoms with van der Waals surface area (Å²) in [7, 11) is -3.06. The van der Waals surface area contributed by atoms with Gasteiger partial charge < -0.3 is 10.1 Å². The Kier molecular flexibility index (Phi) is 7.68. The molecule has 4 nitrogen and oxygen atoms in total. The van der Waals surface area contributed by atoms with Crippen LogP contribution in [-0.4, -0.2) is 33.1 Å². The molecule has 1 aliphatic carbocycles. The predicted molar refractivity (Wildman–Crippen MR) is 126 cm³/mol. The molecule has 1 aliphatic rings. The van der Waals surface area contributed by atoms with Crippen molar-refractivity contribution in [1.29, 1.82) is 0 Å². The van der Waals surface area contributed by atoms with Crippen LogP contribution in [0.25, 0.3) is 10.8 Å². The van der Waals surface area contributed by atoms with Crippen molar-refractivity contribution in [2.75, 3.05) is 18.6 Å². The molecule has 0 atom stereocenters. The zero-order valence-electron chi connectivity index (χ0n) is 19.8. The lowest BCUT2D eigenvalue weighted by atomic mass is 9.72. The van der Waals surface area contributed by atoms with Crippen molar-refractivity contribution < 1.29 is 26.3 Å². The smallest absolute Gasteiger partial charge is 0.420 e. The van der Waals surface area contributed by atoms with Gasteiger partial charge in [-0.2, -0.15) is 13.2 Å². The van der Waals surface area contributed by atoms with E-state index in [0.717, 1.165) is 31.2 Å². The van der Waals surface area contributed by atoms with Gasteiger partial charge in [0.15, 0.2) is 0 Å². The molecule has 33 heavy (non-hydrogen) atoms. The Bertz CT molecular complexity index is 1070. The van der Waals surface area contributed by atoms with Crippen molar-refractivity contribution >= 4 is 20.6 Å². The van der Waals surface area contributed by atoms with E-state index in [4.69, 9.17) is 4.74 Å². The van der Waals surface area contributed by atoms with Crippen LogP contribution in [0.4, 0.5) is 13.2 Å². The van der Waals surface area contributed by atoms with E-state index in [1.807, 2.05) is 0 Å². The Morgan fingerprint density at radius 1 is 1.03 bits per heavy atom. The monoisotopic (exact) mass is 485 g/mol. The van der Waals surface area contributed by atoms with Crippen LogP contribution in [0, 0.1) is 11.3 Å². The molecule has 3 rings (SSSR count). The fourth-order valence-electron chi connectivity index (χ4n) is 4.58. The minimum Gasteiger partial charge on any atom is -0.490 e. The second kappa shape index (κ2) is 9.82. The SMILES string of the molecule is CC(C)(C)C1CCC(Oc2ccc3cc(CNCCS(C)(=O)=O)ccc3c2C(F)(F)F)CC1. The Morgan fingerprint density at radius 3 is 2.27 bits per heavy atom. The quantitative estimate of drug-likeness (QED) is 0.491. The van der Waals surface area contributed by atoms with Crippen LogP contribution in [0.3, 0.4) is 0 Å². The zero-order valence-corrected chi connectivity index (χ0v) is 20.6. The highest BCUT2D eigenvalue weighted by atomic mass is 32.2. The maximum Gasteiger partial charge on any atom is 0.420 e. The molecule has 0 aliphatic heterocycles. The van der Waals surface area contributed by atoms with Gasteiger partial charge in [-0.15, -0.1) is 0 Å². The third-order valence-electron chi connectivity index (χ3n) is 6.50. The van der Waals surface area contributed by atoms with E-state index in [0.29, 0.717) is 17.8 Å². The number of sulfone groups is 1. The highest BCUT2D eigenvalue weighted by Gasteiger charge is 2.38. The fourth-order valence-corrected chi connectivity index (χ4v) is 5.09. The average molecular weight is 486 g/mol. The number of benzene rings is 2. The van der Waals surface area contributed by atoms with Gasteiger partial charge in [0.25, 0.3) is 0 Å². The lowest BCUT2D eigenvalue weighted by molar-refractivity contribution is -0.138. The molecule has 0 spiro atoms. The van der Waals surface area contributed by atoms with Crippen LogP contribution in [-0.2, 0) is 22.6 Å².